The highest BCUT2D eigenvalue weighted by Crippen LogP contribution is 2.50. The third-order valence-corrected chi connectivity index (χ3v) is 3.07. The molecule has 0 radical (unpaired) electrons. The lowest BCUT2D eigenvalue weighted by Crippen LogP contribution is -2.07. The minimum atomic E-state index is -2.87. The van der Waals surface area contributed by atoms with Gasteiger partial charge in [0.15, 0.2) is 12.4 Å². The van der Waals surface area contributed by atoms with Crippen molar-refractivity contribution >= 4 is 14.0 Å². The fourth-order valence-electron chi connectivity index (χ4n) is 0.779. The molecule has 0 rings (SSSR count). The second-order valence-electron chi connectivity index (χ2n) is 2.80. The molecule has 0 saturated heterocycles. The maximum Gasteiger partial charge on any atom is 0.275 e. The van der Waals surface area contributed by atoms with Crippen LogP contribution < -0.4 is 0 Å². The Hall–Kier alpha value is 0.0200. The van der Waals surface area contributed by atoms with E-state index < -0.39 is 7.72 Å². The fourth-order valence-corrected chi connectivity index (χ4v) is 2.34. The molecule has 0 saturated carbocycles. The van der Waals surface area contributed by atoms with Crippen LogP contribution in [0.25, 0.3) is 0 Å². The lowest BCUT2D eigenvalue weighted by Gasteiger charge is -2.10. The Labute approximate surface area is 61.6 Å². The summed E-state index contributed by atoms with van der Waals surface area (Å²) in [7, 11) is -2.87. The summed E-state index contributed by atoms with van der Waals surface area (Å²) in [4.78, 5) is 28.2. The lowest BCUT2D eigenvalue weighted by molar-refractivity contribution is -0.106. The zero-order chi connectivity index (χ0) is 8.20. The van der Waals surface area contributed by atoms with Gasteiger partial charge in [0.05, 0.1) is 0 Å². The van der Waals surface area contributed by atoms with Crippen molar-refractivity contribution in [2.75, 3.05) is 12.3 Å². The summed E-state index contributed by atoms with van der Waals surface area (Å²) >= 11 is 0. The number of carbonyl (C=O) groups is 1. The van der Waals surface area contributed by atoms with E-state index in [4.69, 9.17) is 9.79 Å². The van der Waals surface area contributed by atoms with E-state index in [0.29, 0.717) is 12.4 Å². The average molecular weight is 165 g/mol. The second kappa shape index (κ2) is 4.02. The maximum atomic E-state index is 9.91. The van der Waals surface area contributed by atoms with Crippen molar-refractivity contribution in [1.29, 1.82) is 0 Å². The van der Waals surface area contributed by atoms with Crippen LogP contribution in [0.1, 0.15) is 13.8 Å². The first-order valence-corrected chi connectivity index (χ1v) is 5.30. The lowest BCUT2D eigenvalue weighted by atomic mass is 10.3. The standard InChI is InChI=1S/C6H14O3P/c1-6(2)5-10(8,9)4-3-7/h3,6,8-9H,4-5H2,1-2H3/q+1. The Morgan fingerprint density at radius 2 is 2.00 bits per heavy atom. The molecule has 0 amide bonds. The van der Waals surface area contributed by atoms with Crippen LogP contribution in [0.4, 0.5) is 0 Å². The largest absolute Gasteiger partial charge is 0.299 e. The van der Waals surface area contributed by atoms with Crippen molar-refractivity contribution in [2.45, 2.75) is 13.8 Å². The van der Waals surface area contributed by atoms with Gasteiger partial charge in [0.1, 0.15) is 6.16 Å². The zero-order valence-electron chi connectivity index (χ0n) is 6.32. The molecule has 0 aliphatic rings. The Morgan fingerprint density at radius 3 is 2.30 bits per heavy atom. The van der Waals surface area contributed by atoms with Crippen LogP contribution in [-0.4, -0.2) is 28.4 Å². The molecule has 0 aliphatic heterocycles. The van der Waals surface area contributed by atoms with E-state index in [1.54, 1.807) is 0 Å². The molecule has 0 atom stereocenters. The highest BCUT2D eigenvalue weighted by atomic mass is 31.2. The van der Waals surface area contributed by atoms with Crippen LogP contribution in [0.15, 0.2) is 0 Å². The van der Waals surface area contributed by atoms with Crippen molar-refractivity contribution in [2.24, 2.45) is 5.92 Å². The quantitative estimate of drug-likeness (QED) is 0.475. The minimum absolute atomic E-state index is 0.0921. The summed E-state index contributed by atoms with van der Waals surface area (Å²) in [6, 6.07) is 0. The van der Waals surface area contributed by atoms with Gasteiger partial charge in [-0.2, -0.15) is 0 Å². The molecule has 0 heterocycles. The van der Waals surface area contributed by atoms with Crippen molar-refractivity contribution in [3.8, 4) is 0 Å². The third-order valence-electron chi connectivity index (χ3n) is 1.02. The van der Waals surface area contributed by atoms with Crippen molar-refractivity contribution < 1.29 is 14.6 Å². The van der Waals surface area contributed by atoms with Gasteiger partial charge in [-0.3, -0.25) is 4.79 Å². The second-order valence-corrected chi connectivity index (χ2v) is 5.29. The number of hydrogen-bond donors (Lipinski definition) is 2. The molecule has 4 heteroatoms. The van der Waals surface area contributed by atoms with Gasteiger partial charge >= 0.3 is 0 Å². The predicted octanol–water partition coefficient (Wildman–Crippen LogP) is 0.673. The normalized spacial score (nSPS) is 12.1. The highest BCUT2D eigenvalue weighted by molar-refractivity contribution is 7.65. The van der Waals surface area contributed by atoms with E-state index >= 15 is 0 Å². The molecule has 10 heavy (non-hydrogen) atoms. The molecule has 0 aromatic heterocycles. The first-order chi connectivity index (χ1) is 4.48. The van der Waals surface area contributed by atoms with E-state index in [0.717, 1.165) is 0 Å². The number of carbonyl (C=O) groups excluding carboxylic acids is 1. The smallest absolute Gasteiger partial charge is 0.275 e. The summed E-state index contributed by atoms with van der Waals surface area (Å²) in [5.41, 5.74) is 0. The summed E-state index contributed by atoms with van der Waals surface area (Å²) < 4.78 is 0. The third kappa shape index (κ3) is 4.86. The van der Waals surface area contributed by atoms with Gasteiger partial charge in [-0.1, -0.05) is 13.8 Å². The molecule has 60 valence electrons. The summed E-state index contributed by atoms with van der Waals surface area (Å²) in [6.45, 7) is 3.79. The molecule has 0 bridgehead atoms. The fraction of sp³-hybridized carbons (Fsp3) is 0.833. The molecule has 0 aliphatic carbocycles. The number of aldehydes is 1. The first kappa shape index (κ1) is 10.0. The van der Waals surface area contributed by atoms with E-state index in [1.165, 1.54) is 0 Å². The SMILES string of the molecule is CC(C)C[P+](O)(O)CC=O. The van der Waals surface area contributed by atoms with Crippen LogP contribution in [0.3, 0.4) is 0 Å². The number of hydrogen-bond acceptors (Lipinski definition) is 3. The molecule has 0 fully saturated rings. The van der Waals surface area contributed by atoms with Gasteiger partial charge in [-0.15, -0.1) is 0 Å². The summed E-state index contributed by atoms with van der Waals surface area (Å²) in [5, 5.41) is 0. The van der Waals surface area contributed by atoms with Gasteiger partial charge in [-0.25, -0.2) is 9.79 Å². The molecule has 0 spiro atoms. The van der Waals surface area contributed by atoms with E-state index in [2.05, 4.69) is 0 Å². The monoisotopic (exact) mass is 165 g/mol. The van der Waals surface area contributed by atoms with E-state index in [-0.39, 0.29) is 12.1 Å². The molecule has 0 unspecified atom stereocenters. The van der Waals surface area contributed by atoms with E-state index in [1.807, 2.05) is 13.8 Å². The molecule has 3 nitrogen and oxygen atoms in total. The molecule has 0 aromatic rings. The molecular formula is C6H14O3P+. The van der Waals surface area contributed by atoms with Gasteiger partial charge in [-0.05, 0) is 5.92 Å². The van der Waals surface area contributed by atoms with Crippen molar-refractivity contribution in [3.05, 3.63) is 0 Å². The summed E-state index contributed by atoms with van der Waals surface area (Å²) in [6.07, 6.45) is 0.826. The maximum absolute atomic E-state index is 9.91. The topological polar surface area (TPSA) is 57.5 Å². The minimum Gasteiger partial charge on any atom is -0.299 e. The zero-order valence-corrected chi connectivity index (χ0v) is 7.21. The van der Waals surface area contributed by atoms with E-state index in [9.17, 15) is 4.79 Å². The van der Waals surface area contributed by atoms with Crippen molar-refractivity contribution in [3.63, 3.8) is 0 Å². The van der Waals surface area contributed by atoms with Gasteiger partial charge in [0, 0.05) is 0 Å². The Bertz CT molecular complexity index is 112. The first-order valence-electron chi connectivity index (χ1n) is 3.24. The Kier molecular flexibility index (Phi) is 4.02. The Balaban J connectivity index is 3.73. The Morgan fingerprint density at radius 1 is 1.50 bits per heavy atom. The highest BCUT2D eigenvalue weighted by Gasteiger charge is 2.33. The van der Waals surface area contributed by atoms with Crippen molar-refractivity contribution in [1.82, 2.24) is 0 Å². The molecular weight excluding hydrogens is 151 g/mol. The average Bonchev–Trinajstić information content (AvgIpc) is 1.59. The van der Waals surface area contributed by atoms with Gasteiger partial charge in [0.25, 0.3) is 7.72 Å². The van der Waals surface area contributed by atoms with Crippen LogP contribution in [0, 0.1) is 5.92 Å². The summed E-state index contributed by atoms with van der Waals surface area (Å²) in [5.74, 6) is 0.239. The molecule has 2 N–H and O–H groups in total. The molecule has 0 aromatic carbocycles. The van der Waals surface area contributed by atoms with Crippen LogP contribution >= 0.6 is 7.72 Å². The van der Waals surface area contributed by atoms with Crippen LogP contribution in [0.5, 0.6) is 0 Å². The van der Waals surface area contributed by atoms with Crippen LogP contribution in [-0.2, 0) is 4.79 Å². The van der Waals surface area contributed by atoms with Gasteiger partial charge < -0.3 is 0 Å². The van der Waals surface area contributed by atoms with Crippen LogP contribution in [0.2, 0.25) is 0 Å². The predicted molar refractivity (Wildman–Crippen MR) is 42.0 cm³/mol. The van der Waals surface area contributed by atoms with Gasteiger partial charge in [0.2, 0.25) is 0 Å². The number of rotatable bonds is 4.